The normalized spacial score (nSPS) is 15.9. The third-order valence-electron chi connectivity index (χ3n) is 4.21. The van der Waals surface area contributed by atoms with E-state index in [2.05, 4.69) is 0 Å². The lowest BCUT2D eigenvalue weighted by Crippen LogP contribution is -2.33. The molecule has 2 aliphatic rings. The SMILES string of the molecule is O=C1C=CC(=O)N1CCOCCOCCOCCOCCOCCN1C(=O)C=CC1=O. The van der Waals surface area contributed by atoms with E-state index in [9.17, 15) is 19.2 Å². The monoisotopic (exact) mass is 440 g/mol. The Morgan fingerprint density at radius 3 is 0.903 bits per heavy atom. The summed E-state index contributed by atoms with van der Waals surface area (Å²) in [5.74, 6) is -1.26. The van der Waals surface area contributed by atoms with Gasteiger partial charge in [0.15, 0.2) is 0 Å². The van der Waals surface area contributed by atoms with Crippen molar-refractivity contribution in [1.82, 2.24) is 9.80 Å². The first-order chi connectivity index (χ1) is 15.1. The Labute approximate surface area is 180 Å². The van der Waals surface area contributed by atoms with Crippen molar-refractivity contribution < 1.29 is 42.9 Å². The average Bonchev–Trinajstić information content (AvgIpc) is 3.25. The van der Waals surface area contributed by atoms with Crippen molar-refractivity contribution in [2.24, 2.45) is 0 Å². The molecule has 2 aliphatic heterocycles. The summed E-state index contributed by atoms with van der Waals surface area (Å²) in [6, 6.07) is 0. The molecule has 0 atom stereocenters. The molecule has 2 rings (SSSR count). The van der Waals surface area contributed by atoms with Gasteiger partial charge >= 0.3 is 0 Å². The summed E-state index contributed by atoms with van der Waals surface area (Å²) in [5.41, 5.74) is 0. The van der Waals surface area contributed by atoms with E-state index in [1.54, 1.807) is 0 Å². The van der Waals surface area contributed by atoms with Crippen LogP contribution in [-0.2, 0) is 42.9 Å². The number of imide groups is 2. The van der Waals surface area contributed by atoms with Crippen LogP contribution in [0.15, 0.2) is 24.3 Å². The lowest BCUT2D eigenvalue weighted by Gasteiger charge is -2.13. The van der Waals surface area contributed by atoms with Gasteiger partial charge in [0.1, 0.15) is 0 Å². The zero-order valence-corrected chi connectivity index (χ0v) is 17.4. The topological polar surface area (TPSA) is 121 Å². The summed E-state index contributed by atoms with van der Waals surface area (Å²) in [6.07, 6.45) is 4.97. The van der Waals surface area contributed by atoms with Gasteiger partial charge in [0.25, 0.3) is 23.6 Å². The molecule has 31 heavy (non-hydrogen) atoms. The molecule has 0 spiro atoms. The van der Waals surface area contributed by atoms with Crippen LogP contribution >= 0.6 is 0 Å². The predicted molar refractivity (Wildman–Crippen MR) is 106 cm³/mol. The Hall–Kier alpha value is -2.44. The highest BCUT2D eigenvalue weighted by atomic mass is 16.6. The number of amides is 4. The fourth-order valence-electron chi connectivity index (χ4n) is 2.60. The van der Waals surface area contributed by atoms with Crippen molar-refractivity contribution in [3.05, 3.63) is 24.3 Å². The van der Waals surface area contributed by atoms with Crippen LogP contribution in [0, 0.1) is 0 Å². The summed E-state index contributed by atoms with van der Waals surface area (Å²) in [5, 5.41) is 0. The minimum absolute atomic E-state index is 0.230. The molecule has 0 bridgehead atoms. The Bertz CT molecular complexity index is 586. The maximum absolute atomic E-state index is 11.3. The highest BCUT2D eigenvalue weighted by molar-refractivity contribution is 6.13. The number of nitrogens with zero attached hydrogens (tertiary/aromatic N) is 2. The number of hydrogen-bond acceptors (Lipinski definition) is 9. The fraction of sp³-hybridized carbons (Fsp3) is 0.600. The van der Waals surface area contributed by atoms with Gasteiger partial charge in [-0.2, -0.15) is 0 Å². The van der Waals surface area contributed by atoms with Crippen molar-refractivity contribution in [3.63, 3.8) is 0 Å². The van der Waals surface area contributed by atoms with Gasteiger partial charge in [0.05, 0.1) is 79.2 Å². The quantitative estimate of drug-likeness (QED) is 0.194. The van der Waals surface area contributed by atoms with Crippen LogP contribution in [0.5, 0.6) is 0 Å². The number of carbonyl (C=O) groups is 4. The van der Waals surface area contributed by atoms with Gasteiger partial charge in [-0.15, -0.1) is 0 Å². The Morgan fingerprint density at radius 2 is 0.645 bits per heavy atom. The number of carbonyl (C=O) groups excluding carboxylic acids is 4. The van der Waals surface area contributed by atoms with Crippen molar-refractivity contribution in [2.75, 3.05) is 79.2 Å². The van der Waals surface area contributed by atoms with Crippen LogP contribution in [0.2, 0.25) is 0 Å². The molecule has 0 aromatic carbocycles. The highest BCUT2D eigenvalue weighted by Crippen LogP contribution is 2.03. The van der Waals surface area contributed by atoms with Crippen molar-refractivity contribution >= 4 is 23.6 Å². The lowest BCUT2D eigenvalue weighted by atomic mass is 10.5. The van der Waals surface area contributed by atoms with Crippen LogP contribution in [0.4, 0.5) is 0 Å². The molecule has 0 radical (unpaired) electrons. The van der Waals surface area contributed by atoms with E-state index in [-0.39, 0.29) is 49.9 Å². The molecule has 0 fully saturated rings. The van der Waals surface area contributed by atoms with E-state index in [1.807, 2.05) is 0 Å². The molecule has 0 aliphatic carbocycles. The first-order valence-electron chi connectivity index (χ1n) is 10.1. The van der Waals surface area contributed by atoms with E-state index in [0.717, 1.165) is 9.80 Å². The third kappa shape index (κ3) is 9.49. The summed E-state index contributed by atoms with van der Waals surface area (Å²) < 4.78 is 26.7. The Balaban J connectivity index is 1.26. The van der Waals surface area contributed by atoms with Gasteiger partial charge in [-0.25, -0.2) is 0 Å². The Morgan fingerprint density at radius 1 is 0.419 bits per heavy atom. The zero-order valence-electron chi connectivity index (χ0n) is 17.4. The number of rotatable bonds is 18. The molecule has 0 saturated carbocycles. The van der Waals surface area contributed by atoms with Crippen LogP contribution in [0.25, 0.3) is 0 Å². The first kappa shape index (κ1) is 24.8. The molecule has 11 nitrogen and oxygen atoms in total. The zero-order chi connectivity index (χ0) is 22.3. The van der Waals surface area contributed by atoms with E-state index in [4.69, 9.17) is 23.7 Å². The molecule has 0 unspecified atom stereocenters. The minimum atomic E-state index is -0.316. The van der Waals surface area contributed by atoms with Gasteiger partial charge < -0.3 is 23.7 Å². The second-order valence-corrected chi connectivity index (χ2v) is 6.38. The molecule has 0 aromatic rings. The van der Waals surface area contributed by atoms with Crippen molar-refractivity contribution in [2.45, 2.75) is 0 Å². The molecule has 0 N–H and O–H groups in total. The van der Waals surface area contributed by atoms with Crippen LogP contribution < -0.4 is 0 Å². The largest absolute Gasteiger partial charge is 0.377 e. The number of hydrogen-bond donors (Lipinski definition) is 0. The second-order valence-electron chi connectivity index (χ2n) is 6.38. The summed E-state index contributed by atoms with van der Waals surface area (Å²) in [7, 11) is 0. The van der Waals surface area contributed by atoms with E-state index < -0.39 is 0 Å². The van der Waals surface area contributed by atoms with Crippen LogP contribution in [0.3, 0.4) is 0 Å². The first-order valence-corrected chi connectivity index (χ1v) is 10.1. The van der Waals surface area contributed by atoms with Gasteiger partial charge in [0.2, 0.25) is 0 Å². The van der Waals surface area contributed by atoms with Crippen LogP contribution in [-0.4, -0.2) is 113 Å². The fourth-order valence-corrected chi connectivity index (χ4v) is 2.60. The molecule has 2 heterocycles. The smallest absolute Gasteiger partial charge is 0.253 e. The molecule has 11 heteroatoms. The highest BCUT2D eigenvalue weighted by Gasteiger charge is 2.23. The molecular weight excluding hydrogens is 412 g/mol. The molecule has 0 saturated heterocycles. The van der Waals surface area contributed by atoms with E-state index in [1.165, 1.54) is 24.3 Å². The maximum Gasteiger partial charge on any atom is 0.253 e. The summed E-state index contributed by atoms with van der Waals surface area (Å²) in [4.78, 5) is 47.6. The summed E-state index contributed by atoms with van der Waals surface area (Å²) >= 11 is 0. The Kier molecular flexibility index (Phi) is 11.6. The third-order valence-corrected chi connectivity index (χ3v) is 4.21. The summed E-state index contributed by atoms with van der Waals surface area (Å²) in [6.45, 7) is 4.20. The van der Waals surface area contributed by atoms with E-state index >= 15 is 0 Å². The molecule has 0 aromatic heterocycles. The van der Waals surface area contributed by atoms with Crippen molar-refractivity contribution in [1.29, 1.82) is 0 Å². The predicted octanol–water partition coefficient (Wildman–Crippen LogP) is -1.08. The molecule has 172 valence electrons. The van der Waals surface area contributed by atoms with Gasteiger partial charge in [-0.1, -0.05) is 0 Å². The van der Waals surface area contributed by atoms with Crippen molar-refractivity contribution in [3.8, 4) is 0 Å². The van der Waals surface area contributed by atoms with E-state index in [0.29, 0.717) is 52.9 Å². The maximum atomic E-state index is 11.3. The molecule has 4 amide bonds. The van der Waals surface area contributed by atoms with Crippen LogP contribution in [0.1, 0.15) is 0 Å². The average molecular weight is 440 g/mol. The van der Waals surface area contributed by atoms with Gasteiger partial charge in [-0.3, -0.25) is 29.0 Å². The minimum Gasteiger partial charge on any atom is -0.377 e. The lowest BCUT2D eigenvalue weighted by molar-refractivity contribution is -0.139. The van der Waals surface area contributed by atoms with Gasteiger partial charge in [0, 0.05) is 24.3 Å². The number of ether oxygens (including phenoxy) is 5. The second kappa shape index (κ2) is 14.5. The van der Waals surface area contributed by atoms with Gasteiger partial charge in [-0.05, 0) is 0 Å². The standard InChI is InChI=1S/C20H28N2O9/c23-17-1-2-18(24)21(17)5-7-27-9-11-29-13-15-31-16-14-30-12-10-28-8-6-22-19(25)3-4-20(22)26/h1-4H,5-16H2. The molecular formula is C20H28N2O9.